The predicted molar refractivity (Wildman–Crippen MR) is 139 cm³/mol. The molecule has 7 heteroatoms. The van der Waals surface area contributed by atoms with E-state index in [4.69, 9.17) is 15.0 Å². The largest absolute Gasteiger partial charge is 0.409 e. The molecule has 0 amide bonds. The van der Waals surface area contributed by atoms with Crippen molar-refractivity contribution in [2.75, 3.05) is 6.61 Å². The van der Waals surface area contributed by atoms with Crippen molar-refractivity contribution >= 4 is 15.2 Å². The van der Waals surface area contributed by atoms with Gasteiger partial charge >= 0.3 is 7.94 Å². The average molecular weight is 473 g/mol. The third-order valence-corrected chi connectivity index (χ3v) is 9.64. The van der Waals surface area contributed by atoms with Crippen LogP contribution in [0.25, 0.3) is 0 Å². The third-order valence-electron chi connectivity index (χ3n) is 7.60. The first-order valence-electron chi connectivity index (χ1n) is 13.2. The second kappa shape index (κ2) is 14.6. The van der Waals surface area contributed by atoms with Crippen LogP contribution in [-0.2, 0) is 9.26 Å². The summed E-state index contributed by atoms with van der Waals surface area (Å²) < 4.78 is 12.2. The van der Waals surface area contributed by atoms with E-state index in [0.29, 0.717) is 24.8 Å². The van der Waals surface area contributed by atoms with E-state index in [2.05, 4.69) is 41.9 Å². The SMILES string of the molecule is CCCCC(C)OC1CCC([B]C(C)(C)C(C)N)CCC(CO[P+](O)(O)C(C)CC)CC1. The van der Waals surface area contributed by atoms with E-state index in [1.807, 2.05) is 13.8 Å². The number of hydrogen-bond acceptors (Lipinski definition) is 5. The van der Waals surface area contributed by atoms with Crippen LogP contribution in [0.5, 0.6) is 0 Å². The Labute approximate surface area is 200 Å². The van der Waals surface area contributed by atoms with Crippen LogP contribution in [0, 0.1) is 5.92 Å². The molecule has 32 heavy (non-hydrogen) atoms. The highest BCUT2D eigenvalue weighted by Crippen LogP contribution is 2.57. The third kappa shape index (κ3) is 11.1. The summed E-state index contributed by atoms with van der Waals surface area (Å²) in [6.07, 6.45) is 11.1. The highest BCUT2D eigenvalue weighted by Gasteiger charge is 2.43. The molecule has 0 heterocycles. The maximum Gasteiger partial charge on any atom is 0.409 e. The van der Waals surface area contributed by atoms with Gasteiger partial charge in [0.2, 0.25) is 0 Å². The molecule has 0 saturated heterocycles. The molecular weight excluding hydrogens is 420 g/mol. The summed E-state index contributed by atoms with van der Waals surface area (Å²) in [6.45, 7) is 15.2. The van der Waals surface area contributed by atoms with E-state index in [9.17, 15) is 9.79 Å². The maximum atomic E-state index is 10.4. The van der Waals surface area contributed by atoms with E-state index in [1.165, 1.54) is 12.8 Å². The standard InChI is InChI=1S/C25H53BNO4P/c1-8-10-11-19(3)31-24-16-13-22(18-30-32(28,29)20(4)9-2)12-14-23(15-17-24)26-25(6,7)21(5)27/h19-24,28-29H,8-18,27H2,1-7H3/q+1. The molecule has 0 bridgehead atoms. The van der Waals surface area contributed by atoms with Crippen molar-refractivity contribution in [3.05, 3.63) is 0 Å². The van der Waals surface area contributed by atoms with Gasteiger partial charge in [0.15, 0.2) is 0 Å². The molecule has 0 spiro atoms. The lowest BCUT2D eigenvalue weighted by atomic mass is 9.43. The average Bonchev–Trinajstić information content (AvgIpc) is 2.81. The Morgan fingerprint density at radius 1 is 1.03 bits per heavy atom. The molecular formula is C25H53BNO4P+. The van der Waals surface area contributed by atoms with Crippen molar-refractivity contribution in [2.24, 2.45) is 11.7 Å². The zero-order valence-electron chi connectivity index (χ0n) is 22.1. The fourth-order valence-corrected chi connectivity index (χ4v) is 5.56. The lowest BCUT2D eigenvalue weighted by Crippen LogP contribution is -2.35. The molecule has 0 aromatic heterocycles. The Kier molecular flexibility index (Phi) is 13.9. The van der Waals surface area contributed by atoms with E-state index in [-0.39, 0.29) is 29.2 Å². The Bertz CT molecular complexity index is 506. The summed E-state index contributed by atoms with van der Waals surface area (Å²) in [5, 5.41) is -0.0110. The first-order chi connectivity index (χ1) is 14.9. The van der Waals surface area contributed by atoms with Crippen LogP contribution in [0.4, 0.5) is 0 Å². The van der Waals surface area contributed by atoms with Crippen LogP contribution < -0.4 is 5.73 Å². The zero-order valence-corrected chi connectivity index (χ0v) is 22.9. The monoisotopic (exact) mass is 473 g/mol. The quantitative estimate of drug-likeness (QED) is 0.209. The smallest absolute Gasteiger partial charge is 0.375 e. The van der Waals surface area contributed by atoms with Crippen molar-refractivity contribution in [1.82, 2.24) is 0 Å². The van der Waals surface area contributed by atoms with Crippen LogP contribution in [0.1, 0.15) is 113 Å². The van der Waals surface area contributed by atoms with Gasteiger partial charge in [0, 0.05) is 0 Å². The van der Waals surface area contributed by atoms with E-state index in [1.54, 1.807) is 0 Å². The van der Waals surface area contributed by atoms with Crippen LogP contribution in [0.2, 0.25) is 11.1 Å². The molecule has 0 aliphatic heterocycles. The number of hydrogen-bond donors (Lipinski definition) is 3. The molecule has 6 unspecified atom stereocenters. The van der Waals surface area contributed by atoms with Gasteiger partial charge in [0.1, 0.15) is 19.5 Å². The van der Waals surface area contributed by atoms with Crippen molar-refractivity contribution in [3.8, 4) is 0 Å². The van der Waals surface area contributed by atoms with Crippen molar-refractivity contribution < 1.29 is 19.0 Å². The first kappa shape index (κ1) is 30.3. The van der Waals surface area contributed by atoms with Crippen LogP contribution >= 0.6 is 7.94 Å². The molecule has 4 N–H and O–H groups in total. The Morgan fingerprint density at radius 3 is 2.22 bits per heavy atom. The molecule has 1 aliphatic carbocycles. The van der Waals surface area contributed by atoms with E-state index < -0.39 is 7.94 Å². The Morgan fingerprint density at radius 2 is 1.62 bits per heavy atom. The number of ether oxygens (including phenoxy) is 1. The van der Waals surface area contributed by atoms with Gasteiger partial charge in [0.25, 0.3) is 0 Å². The maximum absolute atomic E-state index is 10.4. The summed E-state index contributed by atoms with van der Waals surface area (Å²) in [5.74, 6) is 0.813. The van der Waals surface area contributed by atoms with Crippen molar-refractivity contribution in [2.45, 2.75) is 148 Å². The minimum absolute atomic E-state index is 0.0110. The van der Waals surface area contributed by atoms with Crippen molar-refractivity contribution in [3.63, 3.8) is 0 Å². The molecule has 1 radical (unpaired) electrons. The van der Waals surface area contributed by atoms with Gasteiger partial charge in [-0.05, 0) is 69.6 Å². The second-order valence-corrected chi connectivity index (χ2v) is 13.3. The minimum atomic E-state index is -3.30. The van der Waals surface area contributed by atoms with Gasteiger partial charge in [0.05, 0.1) is 12.2 Å². The predicted octanol–water partition coefficient (Wildman–Crippen LogP) is 6.52. The minimum Gasteiger partial charge on any atom is -0.375 e. The fourth-order valence-electron chi connectivity index (χ4n) is 4.40. The lowest BCUT2D eigenvalue weighted by molar-refractivity contribution is -0.0192. The van der Waals surface area contributed by atoms with Gasteiger partial charge < -0.3 is 10.5 Å². The van der Waals surface area contributed by atoms with Crippen LogP contribution in [0.3, 0.4) is 0 Å². The molecule has 1 aliphatic rings. The van der Waals surface area contributed by atoms with E-state index >= 15 is 0 Å². The van der Waals surface area contributed by atoms with Gasteiger partial charge in [-0.1, -0.05) is 66.1 Å². The lowest BCUT2D eigenvalue weighted by Gasteiger charge is -2.33. The van der Waals surface area contributed by atoms with Crippen LogP contribution in [-0.4, -0.2) is 47.6 Å². The number of rotatable bonds is 13. The van der Waals surface area contributed by atoms with Gasteiger partial charge in [-0.2, -0.15) is 14.3 Å². The normalized spacial score (nSPS) is 26.5. The molecule has 1 rings (SSSR count). The second-order valence-electron chi connectivity index (χ2n) is 11.0. The number of nitrogens with two attached hydrogens (primary N) is 1. The first-order valence-corrected chi connectivity index (χ1v) is 14.8. The summed E-state index contributed by atoms with van der Waals surface area (Å²) in [6, 6.07) is 0.111. The molecule has 0 aromatic carbocycles. The molecule has 6 atom stereocenters. The fraction of sp³-hybridized carbons (Fsp3) is 1.00. The van der Waals surface area contributed by atoms with Gasteiger partial charge in [-0.15, -0.1) is 0 Å². The van der Waals surface area contributed by atoms with Crippen LogP contribution in [0.15, 0.2) is 0 Å². The summed E-state index contributed by atoms with van der Waals surface area (Å²) in [7, 11) is -0.839. The zero-order chi connectivity index (χ0) is 24.4. The van der Waals surface area contributed by atoms with Gasteiger partial charge in [-0.25, -0.2) is 0 Å². The highest BCUT2D eigenvalue weighted by molar-refractivity contribution is 7.60. The molecule has 5 nitrogen and oxygen atoms in total. The molecule has 1 fully saturated rings. The van der Waals surface area contributed by atoms with E-state index in [0.717, 1.165) is 44.9 Å². The highest BCUT2D eigenvalue weighted by atomic mass is 31.2. The topological polar surface area (TPSA) is 84.9 Å². The number of unbranched alkanes of at least 4 members (excludes halogenated alkanes) is 1. The van der Waals surface area contributed by atoms with Crippen molar-refractivity contribution in [1.29, 1.82) is 0 Å². The Hall–Kier alpha value is 0.295. The molecule has 189 valence electrons. The summed E-state index contributed by atoms with van der Waals surface area (Å²) in [4.78, 5) is 20.8. The van der Waals surface area contributed by atoms with Gasteiger partial charge in [-0.3, -0.25) is 0 Å². The summed E-state index contributed by atoms with van der Waals surface area (Å²) in [5.41, 5.74) is 6.06. The Balaban J connectivity index is 2.84. The molecule has 0 aromatic rings. The molecule has 1 saturated carbocycles. The summed E-state index contributed by atoms with van der Waals surface area (Å²) >= 11 is 0.